The minimum Gasteiger partial charge on any atom is -0.225 e. The fourth-order valence-electron chi connectivity index (χ4n) is 5.78. The van der Waals surface area contributed by atoms with E-state index < -0.39 is 0 Å². The van der Waals surface area contributed by atoms with Crippen molar-refractivity contribution in [3.8, 4) is 28.2 Å². The molecule has 2 heteroatoms. The van der Waals surface area contributed by atoms with Gasteiger partial charge in [0.25, 0.3) is 5.82 Å². The second-order valence-electron chi connectivity index (χ2n) is 11.6. The normalized spacial score (nSPS) is 14.4. The molecule has 5 rings (SSSR count). The molecule has 2 nitrogen and oxygen atoms in total. The summed E-state index contributed by atoms with van der Waals surface area (Å²) in [5, 5.41) is 0. The molecule has 0 N–H and O–H groups in total. The Labute approximate surface area is 204 Å². The molecule has 0 bridgehead atoms. The lowest BCUT2D eigenvalue weighted by molar-refractivity contribution is -0.743. The number of aryl methyl sites for hydroxylation is 1. The first-order valence-corrected chi connectivity index (χ1v) is 12.5. The van der Waals surface area contributed by atoms with Crippen LogP contribution in [-0.4, -0.2) is 4.57 Å². The summed E-state index contributed by atoms with van der Waals surface area (Å²) in [6.45, 7) is 18.5. The Kier molecular flexibility index (Phi) is 5.13. The van der Waals surface area contributed by atoms with Gasteiger partial charge >= 0.3 is 0 Å². The van der Waals surface area contributed by atoms with Gasteiger partial charge in [-0.25, -0.2) is 4.57 Å². The van der Waals surface area contributed by atoms with Crippen molar-refractivity contribution in [3.63, 3.8) is 0 Å². The first-order valence-electron chi connectivity index (χ1n) is 12.5. The molecular weight excluding hydrogens is 412 g/mol. The Morgan fingerprint density at radius 1 is 0.824 bits per heavy atom. The van der Waals surface area contributed by atoms with Crippen LogP contribution >= 0.6 is 0 Å². The smallest absolute Gasteiger partial charge is 0.225 e. The summed E-state index contributed by atoms with van der Waals surface area (Å²) < 4.78 is 4.92. The third-order valence-electron chi connectivity index (χ3n) is 7.52. The summed E-state index contributed by atoms with van der Waals surface area (Å²) in [6.07, 6.45) is 4.55. The van der Waals surface area contributed by atoms with E-state index in [9.17, 15) is 0 Å². The van der Waals surface area contributed by atoms with Crippen LogP contribution in [0.2, 0.25) is 0 Å². The minimum atomic E-state index is -0.0774. The van der Waals surface area contributed by atoms with Gasteiger partial charge in [0.05, 0.1) is 5.56 Å². The van der Waals surface area contributed by atoms with E-state index in [4.69, 9.17) is 0 Å². The minimum absolute atomic E-state index is 0.0444. The van der Waals surface area contributed by atoms with Crippen LogP contribution in [0, 0.1) is 6.92 Å². The van der Waals surface area contributed by atoms with Crippen molar-refractivity contribution in [2.45, 2.75) is 72.3 Å². The van der Waals surface area contributed by atoms with E-state index in [1.165, 1.54) is 50.5 Å². The lowest BCUT2D eigenvalue weighted by atomic mass is 9.79. The molecule has 0 atom stereocenters. The molecule has 0 saturated carbocycles. The standard InChI is InChI=1S/C32H37N2/c1-21(2)23-17-18-26-25-15-11-12-16-27(25)32(7,8)28(26)29(23)33-19-20-34(31(4,5)6)30(33)24-14-10-9-13-22(24)3/h9-21H,1-8H3/q+1. The van der Waals surface area contributed by atoms with Crippen LogP contribution in [0.4, 0.5) is 0 Å². The van der Waals surface area contributed by atoms with Gasteiger partial charge in [-0.1, -0.05) is 82.3 Å². The van der Waals surface area contributed by atoms with Gasteiger partial charge in [0.1, 0.15) is 23.6 Å². The van der Waals surface area contributed by atoms with Gasteiger partial charge in [0.15, 0.2) is 0 Å². The Morgan fingerprint density at radius 2 is 1.47 bits per heavy atom. The molecule has 1 aromatic heterocycles. The molecule has 0 aliphatic heterocycles. The monoisotopic (exact) mass is 449 g/mol. The third kappa shape index (κ3) is 3.27. The summed E-state index contributed by atoms with van der Waals surface area (Å²) in [6, 6.07) is 22.4. The number of hydrogen-bond donors (Lipinski definition) is 0. The van der Waals surface area contributed by atoms with Crippen LogP contribution < -0.4 is 4.57 Å². The van der Waals surface area contributed by atoms with E-state index in [0.29, 0.717) is 5.92 Å². The Balaban J connectivity index is 1.93. The fraction of sp³-hybridized carbons (Fsp3) is 0.344. The Bertz CT molecular complexity index is 1390. The highest BCUT2D eigenvalue weighted by Crippen LogP contribution is 2.52. The van der Waals surface area contributed by atoms with Crippen LogP contribution in [0.1, 0.15) is 76.6 Å². The van der Waals surface area contributed by atoms with Crippen LogP contribution in [0.25, 0.3) is 28.2 Å². The van der Waals surface area contributed by atoms with Crippen LogP contribution in [0.15, 0.2) is 73.1 Å². The number of rotatable bonds is 3. The highest BCUT2D eigenvalue weighted by molar-refractivity contribution is 5.85. The largest absolute Gasteiger partial charge is 0.294 e. The molecule has 3 aromatic carbocycles. The molecule has 0 amide bonds. The van der Waals surface area contributed by atoms with Gasteiger partial charge in [-0.15, -0.1) is 0 Å². The SMILES string of the molecule is Cc1ccccc1-c1n(-c2c(C(C)C)ccc3c2C(C)(C)c2ccccc2-3)cc[n+]1C(C)(C)C. The van der Waals surface area contributed by atoms with E-state index >= 15 is 0 Å². The summed E-state index contributed by atoms with van der Waals surface area (Å²) in [5.74, 6) is 1.66. The molecule has 0 radical (unpaired) electrons. The van der Waals surface area contributed by atoms with Gasteiger partial charge in [-0.3, -0.25) is 0 Å². The van der Waals surface area contributed by atoms with Crippen molar-refractivity contribution in [1.82, 2.24) is 4.57 Å². The van der Waals surface area contributed by atoms with E-state index in [1.54, 1.807) is 0 Å². The Hall–Kier alpha value is -3.13. The number of imidazole rings is 1. The first kappa shape index (κ1) is 22.7. The molecule has 4 aromatic rings. The zero-order valence-corrected chi connectivity index (χ0v) is 21.9. The van der Waals surface area contributed by atoms with Crippen LogP contribution in [0.5, 0.6) is 0 Å². The predicted octanol–water partition coefficient (Wildman–Crippen LogP) is 7.92. The predicted molar refractivity (Wildman–Crippen MR) is 143 cm³/mol. The first-order chi connectivity index (χ1) is 16.0. The van der Waals surface area contributed by atoms with Crippen molar-refractivity contribution in [2.24, 2.45) is 0 Å². The molecule has 0 fully saturated rings. The summed E-state index contributed by atoms with van der Waals surface area (Å²) in [4.78, 5) is 0. The van der Waals surface area contributed by atoms with Gasteiger partial charge < -0.3 is 0 Å². The average molecular weight is 450 g/mol. The van der Waals surface area contributed by atoms with E-state index in [-0.39, 0.29) is 11.0 Å². The fourth-order valence-corrected chi connectivity index (χ4v) is 5.78. The average Bonchev–Trinajstić information content (AvgIpc) is 3.32. The van der Waals surface area contributed by atoms with Gasteiger partial charge in [0, 0.05) is 16.5 Å². The molecule has 174 valence electrons. The number of nitrogens with zero attached hydrogens (tertiary/aromatic N) is 2. The van der Waals surface area contributed by atoms with Gasteiger partial charge in [0.2, 0.25) is 0 Å². The highest BCUT2D eigenvalue weighted by atomic mass is 15.2. The highest BCUT2D eigenvalue weighted by Gasteiger charge is 2.42. The number of benzene rings is 3. The quantitative estimate of drug-likeness (QED) is 0.281. The van der Waals surface area contributed by atoms with Crippen molar-refractivity contribution >= 4 is 0 Å². The molecule has 1 heterocycles. The molecule has 1 aliphatic rings. The zero-order chi connectivity index (χ0) is 24.4. The summed E-state index contributed by atoms with van der Waals surface area (Å²) in [5.41, 5.74) is 10.8. The maximum Gasteiger partial charge on any atom is 0.294 e. The molecule has 0 spiro atoms. The van der Waals surface area contributed by atoms with Gasteiger partial charge in [-0.05, 0) is 61.9 Å². The molecule has 0 unspecified atom stereocenters. The number of aromatic nitrogens is 2. The number of fused-ring (bicyclic) bond motifs is 3. The van der Waals surface area contributed by atoms with Crippen LogP contribution in [-0.2, 0) is 11.0 Å². The molecule has 0 saturated heterocycles. The molecule has 1 aliphatic carbocycles. The van der Waals surface area contributed by atoms with E-state index in [0.717, 1.165) is 0 Å². The lowest BCUT2D eigenvalue weighted by Gasteiger charge is -2.26. The maximum absolute atomic E-state index is 2.48. The summed E-state index contributed by atoms with van der Waals surface area (Å²) in [7, 11) is 0. The molecule has 34 heavy (non-hydrogen) atoms. The van der Waals surface area contributed by atoms with Gasteiger partial charge in [-0.2, -0.15) is 4.57 Å². The second-order valence-corrected chi connectivity index (χ2v) is 11.6. The third-order valence-corrected chi connectivity index (χ3v) is 7.52. The number of hydrogen-bond acceptors (Lipinski definition) is 0. The Morgan fingerprint density at radius 3 is 2.12 bits per heavy atom. The van der Waals surface area contributed by atoms with Crippen LogP contribution in [0.3, 0.4) is 0 Å². The van der Waals surface area contributed by atoms with E-state index in [1.807, 2.05) is 0 Å². The second kappa shape index (κ2) is 7.70. The van der Waals surface area contributed by atoms with Crippen molar-refractivity contribution < 1.29 is 4.57 Å². The summed E-state index contributed by atoms with van der Waals surface area (Å²) >= 11 is 0. The van der Waals surface area contributed by atoms with Crippen molar-refractivity contribution in [1.29, 1.82) is 0 Å². The maximum atomic E-state index is 2.48. The molecular formula is C32H37N2+. The topological polar surface area (TPSA) is 8.81 Å². The van der Waals surface area contributed by atoms with Crippen molar-refractivity contribution in [2.75, 3.05) is 0 Å². The zero-order valence-electron chi connectivity index (χ0n) is 21.9. The van der Waals surface area contributed by atoms with Crippen molar-refractivity contribution in [3.05, 3.63) is 95.3 Å². The van der Waals surface area contributed by atoms with E-state index in [2.05, 4.69) is 138 Å². The lowest BCUT2D eigenvalue weighted by Crippen LogP contribution is -2.50.